The third-order valence-electron chi connectivity index (χ3n) is 1.89. The summed E-state index contributed by atoms with van der Waals surface area (Å²) >= 11 is 0. The standard InChI is InChI=1S/C9H18N2O2/c1-9(2,10-3)7-11-8(13)5-4-6-12/h6,10H,4-5,7H2,1-3H3,(H,11,13). The van der Waals surface area contributed by atoms with Gasteiger partial charge in [0, 0.05) is 24.9 Å². The Morgan fingerprint density at radius 3 is 2.54 bits per heavy atom. The molecule has 0 aliphatic heterocycles. The predicted octanol–water partition coefficient (Wildman–Crippen LogP) is 0.0797. The highest BCUT2D eigenvalue weighted by molar-refractivity contribution is 5.78. The SMILES string of the molecule is CNC(C)(C)CNC(=O)CCC=O. The molecule has 0 aromatic heterocycles. The number of aldehydes is 1. The van der Waals surface area contributed by atoms with Crippen LogP contribution in [0.3, 0.4) is 0 Å². The summed E-state index contributed by atoms with van der Waals surface area (Å²) in [7, 11) is 1.84. The quantitative estimate of drug-likeness (QED) is 0.578. The lowest BCUT2D eigenvalue weighted by Gasteiger charge is -2.24. The van der Waals surface area contributed by atoms with Crippen molar-refractivity contribution in [2.75, 3.05) is 13.6 Å². The maximum atomic E-state index is 11.1. The Balaban J connectivity index is 3.63. The van der Waals surface area contributed by atoms with Gasteiger partial charge < -0.3 is 15.4 Å². The molecule has 1 amide bonds. The molecule has 13 heavy (non-hydrogen) atoms. The Kier molecular flexibility index (Phi) is 5.30. The second kappa shape index (κ2) is 5.70. The minimum atomic E-state index is -0.100. The lowest BCUT2D eigenvalue weighted by Crippen LogP contribution is -2.47. The van der Waals surface area contributed by atoms with Crippen molar-refractivity contribution in [3.63, 3.8) is 0 Å². The number of likely N-dealkylation sites (N-methyl/N-ethyl adjacent to an activating group) is 1. The molecule has 0 radical (unpaired) electrons. The van der Waals surface area contributed by atoms with Gasteiger partial charge in [0.25, 0.3) is 0 Å². The van der Waals surface area contributed by atoms with Gasteiger partial charge in [0.15, 0.2) is 0 Å². The number of amides is 1. The van der Waals surface area contributed by atoms with Crippen LogP contribution in [0.15, 0.2) is 0 Å². The summed E-state index contributed by atoms with van der Waals surface area (Å²) in [6, 6.07) is 0. The van der Waals surface area contributed by atoms with Gasteiger partial charge in [-0.1, -0.05) is 0 Å². The zero-order valence-corrected chi connectivity index (χ0v) is 8.52. The highest BCUT2D eigenvalue weighted by atomic mass is 16.1. The molecule has 0 aromatic rings. The van der Waals surface area contributed by atoms with E-state index in [0.717, 1.165) is 6.29 Å². The van der Waals surface area contributed by atoms with Gasteiger partial charge >= 0.3 is 0 Å². The average Bonchev–Trinajstić information content (AvgIpc) is 2.11. The Morgan fingerprint density at radius 2 is 2.08 bits per heavy atom. The van der Waals surface area contributed by atoms with Crippen molar-refractivity contribution in [3.8, 4) is 0 Å². The van der Waals surface area contributed by atoms with E-state index in [-0.39, 0.29) is 17.9 Å². The van der Waals surface area contributed by atoms with Gasteiger partial charge in [-0.15, -0.1) is 0 Å². The van der Waals surface area contributed by atoms with Gasteiger partial charge in [0.1, 0.15) is 6.29 Å². The van der Waals surface area contributed by atoms with Crippen LogP contribution in [-0.2, 0) is 9.59 Å². The molecule has 0 saturated heterocycles. The Morgan fingerprint density at radius 1 is 1.46 bits per heavy atom. The molecule has 0 heterocycles. The molecule has 0 saturated carbocycles. The highest BCUT2D eigenvalue weighted by Crippen LogP contribution is 1.97. The minimum Gasteiger partial charge on any atom is -0.354 e. The van der Waals surface area contributed by atoms with Crippen molar-refractivity contribution in [3.05, 3.63) is 0 Å². The number of carbonyl (C=O) groups is 2. The van der Waals surface area contributed by atoms with Crippen molar-refractivity contribution in [2.24, 2.45) is 0 Å². The van der Waals surface area contributed by atoms with Gasteiger partial charge in [0.2, 0.25) is 5.91 Å². The first-order valence-electron chi connectivity index (χ1n) is 4.41. The van der Waals surface area contributed by atoms with Crippen LogP contribution in [0.2, 0.25) is 0 Å². The molecule has 0 unspecified atom stereocenters. The fourth-order valence-corrected chi connectivity index (χ4v) is 0.686. The summed E-state index contributed by atoms with van der Waals surface area (Å²) in [5.41, 5.74) is -0.100. The first-order valence-corrected chi connectivity index (χ1v) is 4.41. The number of hydrogen-bond acceptors (Lipinski definition) is 3. The van der Waals surface area contributed by atoms with E-state index in [9.17, 15) is 9.59 Å². The molecule has 0 fully saturated rings. The summed E-state index contributed by atoms with van der Waals surface area (Å²) in [5.74, 6) is -0.0737. The Hall–Kier alpha value is -0.900. The van der Waals surface area contributed by atoms with Gasteiger partial charge in [-0.25, -0.2) is 0 Å². The van der Waals surface area contributed by atoms with E-state index in [2.05, 4.69) is 10.6 Å². The van der Waals surface area contributed by atoms with Crippen LogP contribution in [0.25, 0.3) is 0 Å². The smallest absolute Gasteiger partial charge is 0.220 e. The van der Waals surface area contributed by atoms with Crippen molar-refractivity contribution in [2.45, 2.75) is 32.2 Å². The molecule has 0 spiro atoms. The van der Waals surface area contributed by atoms with Gasteiger partial charge in [-0.3, -0.25) is 4.79 Å². The van der Waals surface area contributed by atoms with Crippen molar-refractivity contribution >= 4 is 12.2 Å². The van der Waals surface area contributed by atoms with Gasteiger partial charge in [-0.2, -0.15) is 0 Å². The molecule has 0 aliphatic rings. The first-order chi connectivity index (χ1) is 6.02. The minimum absolute atomic E-state index is 0.0737. The third kappa shape index (κ3) is 6.28. The molecule has 0 rings (SSSR count). The summed E-state index contributed by atoms with van der Waals surface area (Å²) < 4.78 is 0. The molecule has 0 atom stereocenters. The van der Waals surface area contributed by atoms with Gasteiger partial charge in [0.05, 0.1) is 0 Å². The lowest BCUT2D eigenvalue weighted by atomic mass is 10.1. The average molecular weight is 186 g/mol. The fourth-order valence-electron chi connectivity index (χ4n) is 0.686. The molecule has 4 nitrogen and oxygen atoms in total. The van der Waals surface area contributed by atoms with Crippen LogP contribution in [0.4, 0.5) is 0 Å². The van der Waals surface area contributed by atoms with E-state index in [1.165, 1.54) is 0 Å². The first kappa shape index (κ1) is 12.1. The van der Waals surface area contributed by atoms with Crippen LogP contribution < -0.4 is 10.6 Å². The van der Waals surface area contributed by atoms with E-state index in [1.807, 2.05) is 20.9 Å². The van der Waals surface area contributed by atoms with Crippen LogP contribution >= 0.6 is 0 Å². The molecule has 2 N–H and O–H groups in total. The molecular formula is C9H18N2O2. The maximum absolute atomic E-state index is 11.1. The fraction of sp³-hybridized carbons (Fsp3) is 0.778. The van der Waals surface area contributed by atoms with Crippen molar-refractivity contribution in [1.82, 2.24) is 10.6 Å². The Bertz CT molecular complexity index is 178. The normalized spacial score (nSPS) is 11.0. The maximum Gasteiger partial charge on any atom is 0.220 e. The molecule has 76 valence electrons. The number of nitrogens with one attached hydrogen (secondary N) is 2. The number of rotatable bonds is 6. The second-order valence-electron chi connectivity index (χ2n) is 3.62. The molecule has 0 aliphatic carbocycles. The zero-order valence-electron chi connectivity index (χ0n) is 8.52. The summed E-state index contributed by atoms with van der Waals surface area (Å²) in [6.07, 6.45) is 1.33. The zero-order chi connectivity index (χ0) is 10.3. The molecule has 0 bridgehead atoms. The van der Waals surface area contributed by atoms with E-state index < -0.39 is 0 Å². The van der Waals surface area contributed by atoms with Crippen molar-refractivity contribution in [1.29, 1.82) is 0 Å². The van der Waals surface area contributed by atoms with Crippen LogP contribution in [0, 0.1) is 0 Å². The predicted molar refractivity (Wildman–Crippen MR) is 51.4 cm³/mol. The van der Waals surface area contributed by atoms with E-state index in [1.54, 1.807) is 0 Å². The van der Waals surface area contributed by atoms with Gasteiger partial charge in [-0.05, 0) is 20.9 Å². The van der Waals surface area contributed by atoms with Crippen LogP contribution in [0.1, 0.15) is 26.7 Å². The lowest BCUT2D eigenvalue weighted by molar-refractivity contribution is -0.122. The topological polar surface area (TPSA) is 58.2 Å². The summed E-state index contributed by atoms with van der Waals surface area (Å²) in [4.78, 5) is 21.0. The summed E-state index contributed by atoms with van der Waals surface area (Å²) in [5, 5.41) is 5.82. The molecular weight excluding hydrogens is 168 g/mol. The third-order valence-corrected chi connectivity index (χ3v) is 1.89. The van der Waals surface area contributed by atoms with Crippen LogP contribution in [0.5, 0.6) is 0 Å². The second-order valence-corrected chi connectivity index (χ2v) is 3.62. The van der Waals surface area contributed by atoms with E-state index in [0.29, 0.717) is 13.0 Å². The number of hydrogen-bond donors (Lipinski definition) is 2. The molecule has 0 aromatic carbocycles. The highest BCUT2D eigenvalue weighted by Gasteiger charge is 2.14. The summed E-state index contributed by atoms with van der Waals surface area (Å²) in [6.45, 7) is 4.56. The van der Waals surface area contributed by atoms with Crippen molar-refractivity contribution < 1.29 is 9.59 Å². The van der Waals surface area contributed by atoms with E-state index >= 15 is 0 Å². The molecule has 4 heteroatoms. The van der Waals surface area contributed by atoms with E-state index in [4.69, 9.17) is 0 Å². The number of carbonyl (C=O) groups excluding carboxylic acids is 2. The Labute approximate surface area is 79.1 Å². The monoisotopic (exact) mass is 186 g/mol. The van der Waals surface area contributed by atoms with Crippen LogP contribution in [-0.4, -0.2) is 31.3 Å². The largest absolute Gasteiger partial charge is 0.354 e.